The molecule has 0 atom stereocenters. The smallest absolute Gasteiger partial charge is 0.349 e. The fourth-order valence-corrected chi connectivity index (χ4v) is 1.94. The zero-order chi connectivity index (χ0) is 17.2. The fraction of sp³-hybridized carbons (Fsp3) is 0.438. The number of aromatic carboxylic acids is 1. The number of carbonyl (C=O) groups excluding carboxylic acids is 1. The van der Waals surface area contributed by atoms with Crippen LogP contribution in [0.5, 0.6) is 5.75 Å². The van der Waals surface area contributed by atoms with E-state index in [1.54, 1.807) is 26.0 Å². The average molecular weight is 320 g/mol. The van der Waals surface area contributed by atoms with Crippen LogP contribution in [0.1, 0.15) is 38.1 Å². The van der Waals surface area contributed by atoms with E-state index in [4.69, 9.17) is 14.6 Å². The molecule has 0 saturated carbocycles. The van der Waals surface area contributed by atoms with Crippen LogP contribution in [0.4, 0.5) is 0 Å². The molecule has 0 aliphatic rings. The lowest BCUT2D eigenvalue weighted by atomic mass is 10.1. The van der Waals surface area contributed by atoms with E-state index in [9.17, 15) is 9.59 Å². The van der Waals surface area contributed by atoms with E-state index < -0.39 is 17.5 Å². The number of fused-ring (bicyclic) bond motifs is 1. The van der Waals surface area contributed by atoms with Crippen molar-refractivity contribution >= 4 is 17.5 Å². The van der Waals surface area contributed by atoms with Gasteiger partial charge in [0, 0.05) is 0 Å². The highest BCUT2D eigenvalue weighted by molar-refractivity contribution is 5.95. The molecule has 2 heterocycles. The predicted octanol–water partition coefficient (Wildman–Crippen LogP) is 2.39. The molecular weight excluding hydrogens is 300 g/mol. The van der Waals surface area contributed by atoms with Gasteiger partial charge in [-0.15, -0.1) is 0 Å². The van der Waals surface area contributed by atoms with Gasteiger partial charge in [-0.1, -0.05) is 13.8 Å². The van der Waals surface area contributed by atoms with Gasteiger partial charge in [-0.2, -0.15) is 5.10 Å². The first-order valence-corrected chi connectivity index (χ1v) is 7.27. The van der Waals surface area contributed by atoms with Crippen molar-refractivity contribution in [3.05, 3.63) is 30.1 Å². The lowest BCUT2D eigenvalue weighted by molar-refractivity contribution is -0.160. The Morgan fingerprint density at radius 2 is 2.04 bits per heavy atom. The molecule has 0 spiro atoms. The van der Waals surface area contributed by atoms with Crippen molar-refractivity contribution in [3.63, 3.8) is 0 Å². The fourth-order valence-electron chi connectivity index (χ4n) is 1.94. The van der Waals surface area contributed by atoms with Gasteiger partial charge in [0.05, 0.1) is 24.5 Å². The Balaban J connectivity index is 2.17. The van der Waals surface area contributed by atoms with Crippen LogP contribution in [0.15, 0.2) is 24.5 Å². The van der Waals surface area contributed by atoms with Crippen molar-refractivity contribution in [1.29, 1.82) is 0 Å². The molecule has 0 unspecified atom stereocenters. The summed E-state index contributed by atoms with van der Waals surface area (Å²) in [6, 6.07) is 3.18. The second-order valence-electron chi connectivity index (χ2n) is 6.16. The number of nitrogens with zero attached hydrogens (tertiary/aromatic N) is 2. The molecule has 0 aromatic carbocycles. The number of hydrogen-bond donors (Lipinski definition) is 1. The van der Waals surface area contributed by atoms with Gasteiger partial charge in [-0.3, -0.25) is 0 Å². The minimum absolute atomic E-state index is 0.104. The van der Waals surface area contributed by atoms with E-state index in [1.165, 1.54) is 16.9 Å². The molecule has 0 fully saturated rings. The average Bonchev–Trinajstić information content (AvgIpc) is 2.87. The van der Waals surface area contributed by atoms with Crippen LogP contribution in [0.3, 0.4) is 0 Å². The third-order valence-electron chi connectivity index (χ3n) is 3.13. The first kappa shape index (κ1) is 16.8. The maximum Gasteiger partial charge on any atom is 0.349 e. The summed E-state index contributed by atoms with van der Waals surface area (Å²) in [5, 5.41) is 13.0. The summed E-state index contributed by atoms with van der Waals surface area (Å²) >= 11 is 0. The van der Waals surface area contributed by atoms with Crippen LogP contribution in [-0.4, -0.2) is 38.9 Å². The van der Waals surface area contributed by atoms with Crippen molar-refractivity contribution < 1.29 is 24.2 Å². The zero-order valence-corrected chi connectivity index (χ0v) is 13.6. The van der Waals surface area contributed by atoms with E-state index in [-0.39, 0.29) is 11.5 Å². The second kappa shape index (κ2) is 6.28. The number of carboxylic acids is 1. The minimum atomic E-state index is -1.16. The van der Waals surface area contributed by atoms with E-state index in [1.807, 2.05) is 13.8 Å². The zero-order valence-electron chi connectivity index (χ0n) is 13.6. The molecule has 2 aromatic rings. The maximum atomic E-state index is 12.1. The molecule has 7 nitrogen and oxygen atoms in total. The summed E-state index contributed by atoms with van der Waals surface area (Å²) in [7, 11) is 0. The standard InChI is InChI=1S/C16H20N2O5/c1-10(2)9-22-15(21)16(3,4)23-11-5-6-13-12(14(19)20)7-17-18(13)8-11/h5-8,10H,9H2,1-4H3,(H,19,20). The highest BCUT2D eigenvalue weighted by atomic mass is 16.6. The summed E-state index contributed by atoms with van der Waals surface area (Å²) in [4.78, 5) is 23.1. The molecule has 0 aliphatic heterocycles. The Kier molecular flexibility index (Phi) is 4.58. The molecule has 7 heteroatoms. The highest BCUT2D eigenvalue weighted by Crippen LogP contribution is 2.22. The van der Waals surface area contributed by atoms with E-state index in [0.717, 1.165) is 0 Å². The summed E-state index contributed by atoms with van der Waals surface area (Å²) in [5.41, 5.74) is -0.608. The lowest BCUT2D eigenvalue weighted by Crippen LogP contribution is -2.40. The van der Waals surface area contributed by atoms with Gasteiger partial charge in [-0.05, 0) is 31.9 Å². The number of esters is 1. The Morgan fingerprint density at radius 1 is 1.35 bits per heavy atom. The van der Waals surface area contributed by atoms with Crippen molar-refractivity contribution in [2.45, 2.75) is 33.3 Å². The van der Waals surface area contributed by atoms with Gasteiger partial charge in [0.25, 0.3) is 0 Å². The van der Waals surface area contributed by atoms with Crippen molar-refractivity contribution in [2.75, 3.05) is 6.61 Å². The number of aromatic nitrogens is 2. The maximum absolute atomic E-state index is 12.1. The van der Waals surface area contributed by atoms with Gasteiger partial charge in [0.2, 0.25) is 0 Å². The van der Waals surface area contributed by atoms with Gasteiger partial charge >= 0.3 is 11.9 Å². The lowest BCUT2D eigenvalue weighted by Gasteiger charge is -2.24. The van der Waals surface area contributed by atoms with Crippen LogP contribution in [0.2, 0.25) is 0 Å². The normalized spacial score (nSPS) is 11.7. The number of rotatable bonds is 6. The Labute approximate surface area is 133 Å². The third-order valence-corrected chi connectivity index (χ3v) is 3.13. The van der Waals surface area contributed by atoms with Gasteiger partial charge in [0.15, 0.2) is 5.60 Å². The van der Waals surface area contributed by atoms with Crippen LogP contribution in [-0.2, 0) is 9.53 Å². The molecule has 0 amide bonds. The number of pyridine rings is 1. The molecule has 23 heavy (non-hydrogen) atoms. The van der Waals surface area contributed by atoms with E-state index >= 15 is 0 Å². The second-order valence-corrected chi connectivity index (χ2v) is 6.16. The van der Waals surface area contributed by atoms with Crippen LogP contribution < -0.4 is 4.74 Å². The number of hydrogen-bond acceptors (Lipinski definition) is 5. The minimum Gasteiger partial charge on any atom is -0.478 e. The summed E-state index contributed by atoms with van der Waals surface area (Å²) in [6.07, 6.45) is 2.79. The molecule has 2 aromatic heterocycles. The molecule has 0 aliphatic carbocycles. The van der Waals surface area contributed by atoms with Crippen molar-refractivity contribution in [1.82, 2.24) is 9.61 Å². The van der Waals surface area contributed by atoms with E-state index in [0.29, 0.717) is 17.9 Å². The summed E-state index contributed by atoms with van der Waals surface area (Å²) in [5.74, 6) is -0.877. The SMILES string of the molecule is CC(C)COC(=O)C(C)(C)Oc1ccc2c(C(=O)O)cnn2c1. The first-order valence-electron chi connectivity index (χ1n) is 7.27. The van der Waals surface area contributed by atoms with Crippen molar-refractivity contribution in [2.24, 2.45) is 5.92 Å². The predicted molar refractivity (Wildman–Crippen MR) is 82.7 cm³/mol. The van der Waals surface area contributed by atoms with Crippen LogP contribution in [0, 0.1) is 5.92 Å². The van der Waals surface area contributed by atoms with Crippen molar-refractivity contribution in [3.8, 4) is 5.75 Å². The van der Waals surface area contributed by atoms with Gasteiger partial charge in [-0.25, -0.2) is 14.1 Å². The van der Waals surface area contributed by atoms with Crippen LogP contribution >= 0.6 is 0 Å². The molecular formula is C16H20N2O5. The molecule has 2 rings (SSSR count). The topological polar surface area (TPSA) is 90.1 Å². The van der Waals surface area contributed by atoms with Gasteiger partial charge in [0.1, 0.15) is 11.3 Å². The number of carboxylic acid groups (broad SMARTS) is 1. The monoisotopic (exact) mass is 320 g/mol. The third kappa shape index (κ3) is 3.80. The van der Waals surface area contributed by atoms with Crippen LogP contribution in [0.25, 0.3) is 5.52 Å². The quantitative estimate of drug-likeness (QED) is 0.822. The summed E-state index contributed by atoms with van der Waals surface area (Å²) in [6.45, 7) is 7.46. The molecule has 0 saturated heterocycles. The molecule has 1 N–H and O–H groups in total. The first-order chi connectivity index (χ1) is 10.7. The Morgan fingerprint density at radius 3 is 2.65 bits per heavy atom. The largest absolute Gasteiger partial charge is 0.478 e. The Hall–Kier alpha value is -2.57. The molecule has 124 valence electrons. The van der Waals surface area contributed by atoms with Gasteiger partial charge < -0.3 is 14.6 Å². The Bertz CT molecular complexity index is 733. The number of carbonyl (C=O) groups is 2. The molecule has 0 radical (unpaired) electrons. The van der Waals surface area contributed by atoms with E-state index in [2.05, 4.69) is 5.10 Å². The number of ether oxygens (including phenoxy) is 2. The highest BCUT2D eigenvalue weighted by Gasteiger charge is 2.32. The molecule has 0 bridgehead atoms. The summed E-state index contributed by atoms with van der Waals surface area (Å²) < 4.78 is 12.3.